The molecule has 0 atom stereocenters. The van der Waals surface area contributed by atoms with Crippen molar-refractivity contribution in [3.05, 3.63) is 80.9 Å². The molecule has 7 nitrogen and oxygen atoms in total. The Morgan fingerprint density at radius 3 is 2.41 bits per heavy atom. The van der Waals surface area contributed by atoms with E-state index in [1.807, 2.05) is 0 Å². The average molecular weight is 476 g/mol. The summed E-state index contributed by atoms with van der Waals surface area (Å²) in [6.45, 7) is 2.04. The van der Waals surface area contributed by atoms with Crippen LogP contribution in [-0.2, 0) is 11.3 Å². The van der Waals surface area contributed by atoms with Gasteiger partial charge < -0.3 is 15.4 Å². The van der Waals surface area contributed by atoms with Gasteiger partial charge in [0.2, 0.25) is 0 Å². The van der Waals surface area contributed by atoms with E-state index in [1.165, 1.54) is 13.2 Å². The van der Waals surface area contributed by atoms with Crippen LogP contribution in [0.25, 0.3) is 0 Å². The lowest BCUT2D eigenvalue weighted by Crippen LogP contribution is -2.22. The number of nitrogens with one attached hydrogen (secondary N) is 3. The highest BCUT2D eigenvalue weighted by atomic mass is 35.5. The Hall–Kier alpha value is -3.43. The summed E-state index contributed by atoms with van der Waals surface area (Å²) in [7, 11) is 1.28. The van der Waals surface area contributed by atoms with Crippen LogP contribution in [0.1, 0.15) is 31.2 Å². The van der Waals surface area contributed by atoms with Gasteiger partial charge in [-0.1, -0.05) is 23.7 Å². The number of carbonyl (C=O) groups excluding carboxylic acids is 3. The number of methoxy groups -OCH3 is 1. The van der Waals surface area contributed by atoms with Crippen molar-refractivity contribution in [2.24, 2.45) is 0 Å². The number of ether oxygens (including phenoxy) is 1. The van der Waals surface area contributed by atoms with E-state index in [0.29, 0.717) is 21.1 Å². The Kier molecular flexibility index (Phi) is 7.45. The van der Waals surface area contributed by atoms with Gasteiger partial charge in [-0.05, 0) is 54.4 Å². The third-order valence-corrected chi connectivity index (χ3v) is 5.84. The summed E-state index contributed by atoms with van der Waals surface area (Å²) in [5.41, 5.74) is 2.24. The van der Waals surface area contributed by atoms with E-state index in [4.69, 9.17) is 11.6 Å². The molecule has 3 amide bonds. The van der Waals surface area contributed by atoms with Gasteiger partial charge in [0.05, 0.1) is 27.6 Å². The SMILES string of the molecule is COC(=O)Nc1ccc(CNC(=O)c2sc(NC(=O)c3ccc(F)cc3Cl)cc2C)cc1. The zero-order valence-electron chi connectivity index (χ0n) is 17.1. The van der Waals surface area contributed by atoms with Crippen LogP contribution in [0.2, 0.25) is 5.02 Å². The molecule has 1 aromatic heterocycles. The summed E-state index contributed by atoms with van der Waals surface area (Å²) in [5.74, 6) is -1.32. The first-order chi connectivity index (χ1) is 15.3. The van der Waals surface area contributed by atoms with E-state index in [9.17, 15) is 18.8 Å². The molecule has 3 aromatic rings. The second-order valence-corrected chi connectivity index (χ2v) is 8.16. The van der Waals surface area contributed by atoms with E-state index >= 15 is 0 Å². The molecule has 3 N–H and O–H groups in total. The molecule has 0 aliphatic heterocycles. The van der Waals surface area contributed by atoms with Crippen LogP contribution < -0.4 is 16.0 Å². The number of benzene rings is 2. The van der Waals surface area contributed by atoms with Crippen LogP contribution in [0.3, 0.4) is 0 Å². The molecular formula is C22H19ClFN3O4S. The number of amides is 3. The Bertz CT molecular complexity index is 1160. The number of halogens is 2. The monoisotopic (exact) mass is 475 g/mol. The molecule has 0 aliphatic rings. The van der Waals surface area contributed by atoms with Gasteiger partial charge in [-0.15, -0.1) is 11.3 Å². The molecule has 3 rings (SSSR count). The standard InChI is InChI=1S/C22H19ClFN3O4S/c1-12-9-18(27-20(28)16-8-5-14(24)10-17(16)23)32-19(12)21(29)25-11-13-3-6-15(7-4-13)26-22(30)31-2/h3-10H,11H2,1-2H3,(H,25,29)(H,26,30)(H,27,28). The summed E-state index contributed by atoms with van der Waals surface area (Å²) in [6, 6.07) is 12.1. The zero-order chi connectivity index (χ0) is 23.3. The van der Waals surface area contributed by atoms with E-state index < -0.39 is 17.8 Å². The fraction of sp³-hybridized carbons (Fsp3) is 0.136. The molecule has 0 bridgehead atoms. The number of thiophene rings is 1. The lowest BCUT2D eigenvalue weighted by atomic mass is 10.2. The highest BCUT2D eigenvalue weighted by molar-refractivity contribution is 7.18. The fourth-order valence-electron chi connectivity index (χ4n) is 2.76. The van der Waals surface area contributed by atoms with Gasteiger partial charge in [0, 0.05) is 12.2 Å². The third kappa shape index (κ3) is 5.83. The number of anilines is 2. The van der Waals surface area contributed by atoms with E-state index in [0.717, 1.165) is 29.0 Å². The van der Waals surface area contributed by atoms with Crippen molar-refractivity contribution in [1.82, 2.24) is 5.32 Å². The minimum atomic E-state index is -0.566. The van der Waals surface area contributed by atoms with Crippen molar-refractivity contribution in [3.8, 4) is 0 Å². The van der Waals surface area contributed by atoms with Crippen molar-refractivity contribution >= 4 is 51.5 Å². The first kappa shape index (κ1) is 23.2. The lowest BCUT2D eigenvalue weighted by molar-refractivity contribution is 0.0953. The molecule has 1 heterocycles. The molecule has 32 heavy (non-hydrogen) atoms. The maximum Gasteiger partial charge on any atom is 0.411 e. The van der Waals surface area contributed by atoms with Crippen molar-refractivity contribution in [2.45, 2.75) is 13.5 Å². The van der Waals surface area contributed by atoms with Crippen LogP contribution >= 0.6 is 22.9 Å². The van der Waals surface area contributed by atoms with Gasteiger partial charge in [0.1, 0.15) is 5.82 Å². The van der Waals surface area contributed by atoms with Gasteiger partial charge in [-0.2, -0.15) is 0 Å². The normalized spacial score (nSPS) is 10.4. The highest BCUT2D eigenvalue weighted by Crippen LogP contribution is 2.28. The maximum absolute atomic E-state index is 13.2. The fourth-order valence-corrected chi connectivity index (χ4v) is 4.00. The quantitative estimate of drug-likeness (QED) is 0.456. The molecule has 0 radical (unpaired) electrons. The van der Waals surface area contributed by atoms with Crippen molar-refractivity contribution in [3.63, 3.8) is 0 Å². The number of carbonyl (C=O) groups is 3. The van der Waals surface area contributed by atoms with E-state index in [2.05, 4.69) is 20.7 Å². The van der Waals surface area contributed by atoms with Crippen molar-refractivity contribution in [2.75, 3.05) is 17.7 Å². The molecule has 2 aromatic carbocycles. The molecule has 0 fully saturated rings. The largest absolute Gasteiger partial charge is 0.453 e. The Morgan fingerprint density at radius 2 is 1.75 bits per heavy atom. The molecule has 166 valence electrons. The number of hydrogen-bond acceptors (Lipinski definition) is 5. The summed E-state index contributed by atoms with van der Waals surface area (Å²) >= 11 is 7.05. The first-order valence-electron chi connectivity index (χ1n) is 9.35. The second kappa shape index (κ2) is 10.3. The minimum Gasteiger partial charge on any atom is -0.453 e. The maximum atomic E-state index is 13.2. The van der Waals surface area contributed by atoms with Crippen molar-refractivity contribution < 1.29 is 23.5 Å². The second-order valence-electron chi connectivity index (χ2n) is 6.70. The Morgan fingerprint density at radius 1 is 1.03 bits per heavy atom. The summed E-state index contributed by atoms with van der Waals surface area (Å²) in [6.07, 6.45) is -0.566. The molecule has 0 unspecified atom stereocenters. The average Bonchev–Trinajstić information content (AvgIpc) is 3.12. The molecule has 0 saturated carbocycles. The summed E-state index contributed by atoms with van der Waals surface area (Å²) in [5, 5.41) is 8.52. The first-order valence-corrected chi connectivity index (χ1v) is 10.5. The number of aryl methyl sites for hydroxylation is 1. The van der Waals surface area contributed by atoms with E-state index in [-0.39, 0.29) is 23.0 Å². The zero-order valence-corrected chi connectivity index (χ0v) is 18.7. The molecular weight excluding hydrogens is 457 g/mol. The van der Waals surface area contributed by atoms with Gasteiger partial charge in [0.15, 0.2) is 0 Å². The smallest absolute Gasteiger partial charge is 0.411 e. The van der Waals surface area contributed by atoms with Gasteiger partial charge in [-0.3, -0.25) is 14.9 Å². The van der Waals surface area contributed by atoms with Gasteiger partial charge >= 0.3 is 6.09 Å². The predicted octanol–water partition coefficient (Wildman–Crippen LogP) is 5.21. The molecule has 10 heteroatoms. The van der Waals surface area contributed by atoms with Crippen LogP contribution in [0.4, 0.5) is 19.9 Å². The molecule has 0 saturated heterocycles. The third-order valence-electron chi connectivity index (χ3n) is 4.38. The van der Waals surface area contributed by atoms with Crippen LogP contribution in [0.15, 0.2) is 48.5 Å². The number of rotatable bonds is 6. The van der Waals surface area contributed by atoms with Crippen LogP contribution in [0, 0.1) is 12.7 Å². The minimum absolute atomic E-state index is 0.00143. The molecule has 0 spiro atoms. The Labute approximate surface area is 192 Å². The van der Waals surface area contributed by atoms with E-state index in [1.54, 1.807) is 37.3 Å². The Balaban J connectivity index is 1.60. The lowest BCUT2D eigenvalue weighted by Gasteiger charge is -2.07. The van der Waals surface area contributed by atoms with Crippen LogP contribution in [-0.4, -0.2) is 25.0 Å². The summed E-state index contributed by atoms with van der Waals surface area (Å²) in [4.78, 5) is 36.7. The predicted molar refractivity (Wildman–Crippen MR) is 122 cm³/mol. The highest BCUT2D eigenvalue weighted by Gasteiger charge is 2.17. The van der Waals surface area contributed by atoms with Crippen LogP contribution in [0.5, 0.6) is 0 Å². The summed E-state index contributed by atoms with van der Waals surface area (Å²) < 4.78 is 17.7. The number of hydrogen-bond donors (Lipinski definition) is 3. The van der Waals surface area contributed by atoms with Gasteiger partial charge in [0.25, 0.3) is 11.8 Å². The topological polar surface area (TPSA) is 96.5 Å². The molecule has 0 aliphatic carbocycles. The van der Waals surface area contributed by atoms with Gasteiger partial charge in [-0.25, -0.2) is 9.18 Å². The van der Waals surface area contributed by atoms with Crippen molar-refractivity contribution in [1.29, 1.82) is 0 Å².